The van der Waals surface area contributed by atoms with E-state index in [2.05, 4.69) is 102 Å². The molecule has 6 aromatic rings. The molecule has 301 valence electrons. The zero-order valence-electron chi connectivity index (χ0n) is 35.9. The predicted octanol–water partition coefficient (Wildman–Crippen LogP) is 15.1. The third kappa shape index (κ3) is 9.41. The van der Waals surface area contributed by atoms with Crippen molar-refractivity contribution in [3.63, 3.8) is 0 Å². The van der Waals surface area contributed by atoms with Crippen LogP contribution in [0.1, 0.15) is 124 Å². The maximum atomic E-state index is 12.2. The summed E-state index contributed by atoms with van der Waals surface area (Å²) in [4.78, 5) is 18.7. The van der Waals surface area contributed by atoms with Crippen molar-refractivity contribution in [3.8, 4) is 22.4 Å². The van der Waals surface area contributed by atoms with Gasteiger partial charge in [0, 0.05) is 63.9 Å². The molecule has 0 aliphatic heterocycles. The molecule has 0 atom stereocenters. The van der Waals surface area contributed by atoms with Crippen LogP contribution in [0.5, 0.6) is 0 Å². The molecular weight excluding hydrogens is 887 g/mol. The summed E-state index contributed by atoms with van der Waals surface area (Å²) in [5.74, 6) is 1.80. The second-order valence-electron chi connectivity index (χ2n) is 17.4. The minimum atomic E-state index is -0.337. The van der Waals surface area contributed by atoms with E-state index in [0.717, 1.165) is 76.7 Å². The first-order chi connectivity index (χ1) is 25.9. The molecule has 1 radical (unpaired) electrons. The molecule has 4 nitrogen and oxygen atoms in total. The molecule has 0 saturated carbocycles. The van der Waals surface area contributed by atoms with Crippen LogP contribution in [-0.2, 0) is 36.7 Å². The number of aromatic nitrogens is 1. The van der Waals surface area contributed by atoms with Crippen LogP contribution >= 0.6 is 11.3 Å². The topological polar surface area (TPSA) is 63.3 Å². The Kier molecular flexibility index (Phi) is 14.4. The van der Waals surface area contributed by atoms with E-state index in [1.807, 2.05) is 65.9 Å². The fourth-order valence-electron chi connectivity index (χ4n) is 7.17. The van der Waals surface area contributed by atoms with E-state index in [1.165, 1.54) is 37.6 Å². The van der Waals surface area contributed by atoms with Crippen LogP contribution in [0, 0.1) is 36.7 Å². The van der Waals surface area contributed by atoms with E-state index in [4.69, 9.17) is 9.40 Å². The van der Waals surface area contributed by atoms with E-state index in [9.17, 15) is 9.90 Å². The first-order valence-corrected chi connectivity index (χ1v) is 21.0. The molecule has 6 rings (SSSR count). The molecule has 0 saturated heterocycles. The number of furan rings is 1. The number of ketones is 1. The van der Waals surface area contributed by atoms with Gasteiger partial charge in [-0.2, -0.15) is 0 Å². The van der Waals surface area contributed by atoms with Gasteiger partial charge in [-0.15, -0.1) is 40.5 Å². The number of aliphatic hydroxyl groups excluding tert-OH is 1. The minimum absolute atomic E-state index is 0. The van der Waals surface area contributed by atoms with E-state index in [0.29, 0.717) is 5.92 Å². The molecule has 3 aromatic heterocycles. The quantitative estimate of drug-likeness (QED) is 0.0798. The van der Waals surface area contributed by atoms with Gasteiger partial charge in [-0.3, -0.25) is 9.78 Å². The molecular formula is C50H62IrNO3S-. The van der Waals surface area contributed by atoms with Crippen LogP contribution < -0.4 is 0 Å². The van der Waals surface area contributed by atoms with Crippen LogP contribution in [0.25, 0.3) is 54.3 Å². The molecule has 6 heteroatoms. The monoisotopic (exact) mass is 949 g/mol. The summed E-state index contributed by atoms with van der Waals surface area (Å²) in [6, 6.07) is 25.6. The Bertz CT molecular complexity index is 2340. The molecule has 0 spiro atoms. The standard InChI is InChI=1S/C35H34NOS.C15H28O2.Ir/c1-20(2)14-32-22(4)26-13-12-24(18-33(26)38-32)28-19-30(36-31-15-21(3)37-34(28)31)25-16-23-10-8-9-11-27(23)29(17-25)35(5,6)7;1-7-14(5,8-2)12(16)11-13(17)15(6,9-3)10-4;/h8-13,15,17-20H,14H2,1-7H3;11,16H,7-10H2,1-6H3;/q-1;;/b;12-11-;. The van der Waals surface area contributed by atoms with Gasteiger partial charge in [0.25, 0.3) is 0 Å². The number of nitrogens with zero attached hydrogens (tertiary/aromatic N) is 1. The molecule has 56 heavy (non-hydrogen) atoms. The largest absolute Gasteiger partial charge is 0.512 e. The summed E-state index contributed by atoms with van der Waals surface area (Å²) < 4.78 is 7.55. The van der Waals surface area contributed by atoms with Gasteiger partial charge in [-0.05, 0) is 79.9 Å². The van der Waals surface area contributed by atoms with Crippen molar-refractivity contribution in [2.24, 2.45) is 16.7 Å². The van der Waals surface area contributed by atoms with Gasteiger partial charge in [-0.25, -0.2) is 0 Å². The van der Waals surface area contributed by atoms with Crippen molar-refractivity contribution in [3.05, 3.63) is 100 Å². The number of fused-ring (bicyclic) bond motifs is 3. The molecule has 3 aromatic carbocycles. The third-order valence-electron chi connectivity index (χ3n) is 12.0. The Morgan fingerprint density at radius 1 is 0.875 bits per heavy atom. The number of aryl methyl sites for hydroxylation is 2. The van der Waals surface area contributed by atoms with Crippen molar-refractivity contribution < 1.29 is 34.4 Å². The van der Waals surface area contributed by atoms with Crippen molar-refractivity contribution in [2.45, 2.75) is 128 Å². The SMILES string of the molecule is CCC(C)(CC)C(=O)/C=C(\O)C(C)(CC)CC.Cc1cc2nc(-c3[c-]c4ccccc4c(C(C)(C)C)c3)cc(-c3ccc4c(C)c(CC(C)C)sc4c3)c2o1.[Ir]. The summed E-state index contributed by atoms with van der Waals surface area (Å²) in [5.41, 5.74) is 8.03. The van der Waals surface area contributed by atoms with Crippen LogP contribution in [0.2, 0.25) is 0 Å². The molecule has 0 fully saturated rings. The van der Waals surface area contributed by atoms with Gasteiger partial charge in [0.2, 0.25) is 0 Å². The first-order valence-electron chi connectivity index (χ1n) is 20.2. The molecule has 3 heterocycles. The molecule has 0 amide bonds. The summed E-state index contributed by atoms with van der Waals surface area (Å²) in [7, 11) is 0. The van der Waals surface area contributed by atoms with Gasteiger partial charge >= 0.3 is 0 Å². The normalized spacial score (nSPS) is 12.6. The number of benzene rings is 3. The van der Waals surface area contributed by atoms with Crippen LogP contribution in [0.3, 0.4) is 0 Å². The van der Waals surface area contributed by atoms with E-state index >= 15 is 0 Å². The number of allylic oxidation sites excluding steroid dienone is 2. The Morgan fingerprint density at radius 2 is 1.52 bits per heavy atom. The number of rotatable bonds is 11. The Hall–Kier alpha value is -3.57. The average molecular weight is 949 g/mol. The predicted molar refractivity (Wildman–Crippen MR) is 236 cm³/mol. The van der Waals surface area contributed by atoms with Gasteiger partial charge < -0.3 is 9.52 Å². The second kappa shape index (κ2) is 17.9. The second-order valence-corrected chi connectivity index (χ2v) is 18.5. The number of carbonyl (C=O) groups excluding carboxylic acids is 1. The van der Waals surface area contributed by atoms with Gasteiger partial charge in [0.1, 0.15) is 17.0 Å². The maximum Gasteiger partial charge on any atom is 0.164 e. The van der Waals surface area contributed by atoms with Crippen LogP contribution in [0.4, 0.5) is 0 Å². The number of aliphatic hydroxyl groups is 1. The van der Waals surface area contributed by atoms with E-state index < -0.39 is 0 Å². The van der Waals surface area contributed by atoms with E-state index in [1.54, 1.807) is 0 Å². The van der Waals surface area contributed by atoms with Crippen LogP contribution in [0.15, 0.2) is 76.9 Å². The molecule has 0 aliphatic carbocycles. The van der Waals surface area contributed by atoms with Crippen molar-refractivity contribution >= 4 is 49.1 Å². The summed E-state index contributed by atoms with van der Waals surface area (Å²) in [5, 5.41) is 13.9. The number of carbonyl (C=O) groups is 1. The Labute approximate surface area is 353 Å². The van der Waals surface area contributed by atoms with E-state index in [-0.39, 0.29) is 47.9 Å². The molecule has 0 aliphatic rings. The number of hydrogen-bond donors (Lipinski definition) is 1. The fraction of sp³-hybridized carbons (Fsp3) is 0.440. The third-order valence-corrected chi connectivity index (χ3v) is 13.3. The van der Waals surface area contributed by atoms with Crippen LogP contribution in [-0.4, -0.2) is 15.9 Å². The van der Waals surface area contributed by atoms with Crippen molar-refractivity contribution in [1.29, 1.82) is 0 Å². The summed E-state index contributed by atoms with van der Waals surface area (Å²) in [6.45, 7) is 27.7. The number of thiophene rings is 1. The van der Waals surface area contributed by atoms with Gasteiger partial charge in [-0.1, -0.05) is 124 Å². The van der Waals surface area contributed by atoms with Crippen molar-refractivity contribution in [1.82, 2.24) is 4.98 Å². The van der Waals surface area contributed by atoms with Crippen molar-refractivity contribution in [2.75, 3.05) is 0 Å². The minimum Gasteiger partial charge on any atom is -0.512 e. The summed E-state index contributed by atoms with van der Waals surface area (Å²) in [6.07, 6.45) is 5.87. The van der Waals surface area contributed by atoms with Gasteiger partial charge in [0.05, 0.1) is 0 Å². The Balaban J connectivity index is 0.000000330. The maximum absolute atomic E-state index is 12.2. The zero-order chi connectivity index (χ0) is 40.5. The number of pyridine rings is 1. The molecule has 0 unspecified atom stereocenters. The smallest absolute Gasteiger partial charge is 0.164 e. The first kappa shape index (κ1) is 45.1. The molecule has 1 N–H and O–H groups in total. The Morgan fingerprint density at radius 3 is 2.12 bits per heavy atom. The molecule has 0 bridgehead atoms. The zero-order valence-corrected chi connectivity index (χ0v) is 39.1. The summed E-state index contributed by atoms with van der Waals surface area (Å²) >= 11 is 1.93. The fourth-order valence-corrected chi connectivity index (χ4v) is 8.64. The van der Waals surface area contributed by atoms with Gasteiger partial charge in [0.15, 0.2) is 11.4 Å². The average Bonchev–Trinajstić information content (AvgIpc) is 3.69. The number of hydrogen-bond acceptors (Lipinski definition) is 5.